The van der Waals surface area contributed by atoms with E-state index in [4.69, 9.17) is 22.6 Å². The minimum Gasteiger partial charge on any atom is -0.397 e. The summed E-state index contributed by atoms with van der Waals surface area (Å²) in [6.45, 7) is 0.798. The fourth-order valence-corrected chi connectivity index (χ4v) is 2.49. The van der Waals surface area contributed by atoms with Gasteiger partial charge in [-0.2, -0.15) is 5.26 Å². The zero-order chi connectivity index (χ0) is 13.0. The van der Waals surface area contributed by atoms with Crippen molar-refractivity contribution >= 4 is 33.6 Å². The number of nitrogens with two attached hydrogens (primary N) is 1. The van der Waals surface area contributed by atoms with Crippen molar-refractivity contribution in [2.45, 2.75) is 6.42 Å². The molecule has 0 saturated carbocycles. The largest absolute Gasteiger partial charge is 0.397 e. The van der Waals surface area contributed by atoms with Gasteiger partial charge in [0.25, 0.3) is 0 Å². The van der Waals surface area contributed by atoms with Crippen LogP contribution in [0, 0.1) is 11.3 Å². The summed E-state index contributed by atoms with van der Waals surface area (Å²) in [4.78, 5) is 0.559. The van der Waals surface area contributed by atoms with Crippen molar-refractivity contribution < 1.29 is 0 Å². The second-order valence-electron chi connectivity index (χ2n) is 3.81. The molecule has 2 rings (SSSR count). The van der Waals surface area contributed by atoms with E-state index in [1.807, 2.05) is 24.3 Å². The summed E-state index contributed by atoms with van der Waals surface area (Å²) in [5.41, 5.74) is 7.44. The molecule has 0 amide bonds. The standard InChI is InChI=1S/C13H12ClN3S/c14-10-3-1-9(2-4-10)5-6-17-13-7-11(16)12(8-15)18-13/h1-4,7,17H,5-6,16H2. The Balaban J connectivity index is 1.88. The molecule has 3 nitrogen and oxygen atoms in total. The number of hydrogen-bond acceptors (Lipinski definition) is 4. The lowest BCUT2D eigenvalue weighted by atomic mass is 10.1. The van der Waals surface area contributed by atoms with E-state index in [-0.39, 0.29) is 0 Å². The number of nitrogen functional groups attached to an aromatic ring is 1. The van der Waals surface area contributed by atoms with E-state index < -0.39 is 0 Å². The molecule has 1 heterocycles. The molecule has 1 aromatic heterocycles. The lowest BCUT2D eigenvalue weighted by molar-refractivity contribution is 1.02. The normalized spacial score (nSPS) is 10.0. The molecule has 18 heavy (non-hydrogen) atoms. The molecule has 1 aromatic carbocycles. The van der Waals surface area contributed by atoms with Gasteiger partial charge >= 0.3 is 0 Å². The summed E-state index contributed by atoms with van der Waals surface area (Å²) < 4.78 is 0. The molecule has 92 valence electrons. The first-order valence-electron chi connectivity index (χ1n) is 5.47. The van der Waals surface area contributed by atoms with E-state index in [1.54, 1.807) is 6.07 Å². The maximum atomic E-state index is 8.80. The molecule has 0 aliphatic carbocycles. The fraction of sp³-hybridized carbons (Fsp3) is 0.154. The lowest BCUT2D eigenvalue weighted by Gasteiger charge is -2.03. The number of nitrogens with one attached hydrogen (secondary N) is 1. The Morgan fingerprint density at radius 2 is 2.06 bits per heavy atom. The van der Waals surface area contributed by atoms with Crippen molar-refractivity contribution in [3.63, 3.8) is 0 Å². The van der Waals surface area contributed by atoms with Gasteiger partial charge in [0, 0.05) is 11.6 Å². The van der Waals surface area contributed by atoms with Crippen LogP contribution in [-0.2, 0) is 6.42 Å². The van der Waals surface area contributed by atoms with Crippen molar-refractivity contribution in [3.05, 3.63) is 45.8 Å². The number of nitriles is 1. The maximum absolute atomic E-state index is 8.80. The Labute approximate surface area is 115 Å². The molecule has 0 radical (unpaired) electrons. The maximum Gasteiger partial charge on any atom is 0.129 e. The van der Waals surface area contributed by atoms with Crippen molar-refractivity contribution in [2.75, 3.05) is 17.6 Å². The van der Waals surface area contributed by atoms with E-state index in [9.17, 15) is 0 Å². The van der Waals surface area contributed by atoms with Crippen molar-refractivity contribution in [3.8, 4) is 6.07 Å². The minimum absolute atomic E-state index is 0.538. The van der Waals surface area contributed by atoms with Crippen LogP contribution in [0.4, 0.5) is 10.7 Å². The molecule has 0 spiro atoms. The van der Waals surface area contributed by atoms with Gasteiger partial charge < -0.3 is 11.1 Å². The summed E-state index contributed by atoms with van der Waals surface area (Å²) in [6.07, 6.45) is 0.900. The highest BCUT2D eigenvalue weighted by atomic mass is 35.5. The first-order valence-corrected chi connectivity index (χ1v) is 6.66. The van der Waals surface area contributed by atoms with Crippen LogP contribution in [-0.4, -0.2) is 6.54 Å². The van der Waals surface area contributed by atoms with Gasteiger partial charge in [-0.3, -0.25) is 0 Å². The highest BCUT2D eigenvalue weighted by Crippen LogP contribution is 2.28. The second kappa shape index (κ2) is 5.76. The number of rotatable bonds is 4. The molecular weight excluding hydrogens is 266 g/mol. The Morgan fingerprint density at radius 1 is 1.33 bits per heavy atom. The second-order valence-corrected chi connectivity index (χ2v) is 5.30. The molecule has 0 bridgehead atoms. The van der Waals surface area contributed by atoms with Crippen LogP contribution in [0.15, 0.2) is 30.3 Å². The van der Waals surface area contributed by atoms with Crippen LogP contribution in [0.1, 0.15) is 10.4 Å². The fourth-order valence-electron chi connectivity index (χ4n) is 1.56. The van der Waals surface area contributed by atoms with Gasteiger partial charge in [-0.1, -0.05) is 23.7 Å². The first-order chi connectivity index (χ1) is 8.69. The number of nitrogens with zero attached hydrogens (tertiary/aromatic N) is 1. The zero-order valence-corrected chi connectivity index (χ0v) is 11.2. The number of anilines is 2. The van der Waals surface area contributed by atoms with Crippen LogP contribution in [0.5, 0.6) is 0 Å². The van der Waals surface area contributed by atoms with Gasteiger partial charge in [-0.05, 0) is 30.2 Å². The van der Waals surface area contributed by atoms with Gasteiger partial charge in [0.2, 0.25) is 0 Å². The average Bonchev–Trinajstić information content (AvgIpc) is 2.72. The number of hydrogen-bond donors (Lipinski definition) is 2. The Bertz CT molecular complexity index is 569. The van der Waals surface area contributed by atoms with Crippen LogP contribution in [0.2, 0.25) is 5.02 Å². The van der Waals surface area contributed by atoms with Crippen molar-refractivity contribution in [1.29, 1.82) is 5.26 Å². The van der Waals surface area contributed by atoms with E-state index >= 15 is 0 Å². The van der Waals surface area contributed by atoms with Gasteiger partial charge in [0.05, 0.1) is 10.7 Å². The van der Waals surface area contributed by atoms with Gasteiger partial charge in [-0.25, -0.2) is 0 Å². The van der Waals surface area contributed by atoms with E-state index in [0.29, 0.717) is 10.6 Å². The molecule has 0 aliphatic heterocycles. The molecule has 2 aromatic rings. The summed E-state index contributed by atoms with van der Waals surface area (Å²) in [5, 5.41) is 13.7. The Morgan fingerprint density at radius 3 is 2.67 bits per heavy atom. The van der Waals surface area contributed by atoms with Crippen LogP contribution in [0.25, 0.3) is 0 Å². The minimum atomic E-state index is 0.538. The van der Waals surface area contributed by atoms with Crippen LogP contribution in [0.3, 0.4) is 0 Å². The highest BCUT2D eigenvalue weighted by molar-refractivity contribution is 7.17. The molecule has 3 N–H and O–H groups in total. The van der Waals surface area contributed by atoms with Crippen molar-refractivity contribution in [2.24, 2.45) is 0 Å². The molecule has 0 atom stereocenters. The average molecular weight is 278 g/mol. The number of thiophene rings is 1. The predicted octanol–water partition coefficient (Wildman–Crippen LogP) is 3.51. The summed E-state index contributed by atoms with van der Waals surface area (Å²) in [7, 11) is 0. The summed E-state index contributed by atoms with van der Waals surface area (Å²) in [5.74, 6) is 0. The molecule has 0 fully saturated rings. The summed E-state index contributed by atoms with van der Waals surface area (Å²) >= 11 is 7.20. The van der Waals surface area contributed by atoms with Crippen LogP contribution >= 0.6 is 22.9 Å². The Kier molecular flexibility index (Phi) is 4.08. The predicted molar refractivity (Wildman–Crippen MR) is 77.1 cm³/mol. The zero-order valence-electron chi connectivity index (χ0n) is 9.61. The topological polar surface area (TPSA) is 61.8 Å². The smallest absolute Gasteiger partial charge is 0.129 e. The highest BCUT2D eigenvalue weighted by Gasteiger charge is 2.04. The summed E-state index contributed by atoms with van der Waals surface area (Å²) in [6, 6.07) is 11.6. The number of benzene rings is 1. The monoisotopic (exact) mass is 277 g/mol. The molecule has 5 heteroatoms. The molecule has 0 saturated heterocycles. The molecule has 0 unspecified atom stereocenters. The van der Waals surface area contributed by atoms with Crippen LogP contribution < -0.4 is 11.1 Å². The first kappa shape index (κ1) is 12.7. The van der Waals surface area contributed by atoms with E-state index in [1.165, 1.54) is 16.9 Å². The third-order valence-corrected chi connectivity index (χ3v) is 3.75. The SMILES string of the molecule is N#Cc1sc(NCCc2ccc(Cl)cc2)cc1N. The van der Waals surface area contributed by atoms with Gasteiger partial charge in [0.1, 0.15) is 10.9 Å². The third kappa shape index (κ3) is 3.16. The van der Waals surface area contributed by atoms with Crippen molar-refractivity contribution in [1.82, 2.24) is 0 Å². The van der Waals surface area contributed by atoms with Gasteiger partial charge in [-0.15, -0.1) is 11.3 Å². The molecular formula is C13H12ClN3S. The molecule has 0 aliphatic rings. The Hall–Kier alpha value is -1.70. The third-order valence-electron chi connectivity index (χ3n) is 2.49. The van der Waals surface area contributed by atoms with Gasteiger partial charge in [0.15, 0.2) is 0 Å². The quantitative estimate of drug-likeness (QED) is 0.899. The lowest BCUT2D eigenvalue weighted by Crippen LogP contribution is -2.03. The van der Waals surface area contributed by atoms with E-state index in [0.717, 1.165) is 23.0 Å². The number of halogens is 1. The van der Waals surface area contributed by atoms with E-state index in [2.05, 4.69) is 11.4 Å².